The molecule has 0 spiro atoms. The third-order valence-electron chi connectivity index (χ3n) is 3.99. The molecule has 0 amide bonds. The zero-order valence-electron chi connectivity index (χ0n) is 13.4. The summed E-state index contributed by atoms with van der Waals surface area (Å²) >= 11 is 0. The van der Waals surface area contributed by atoms with Crippen molar-refractivity contribution in [1.82, 2.24) is 0 Å². The summed E-state index contributed by atoms with van der Waals surface area (Å²) in [6.07, 6.45) is 6.98. The standard InChI is InChI=1S/C18H24N2O2/c1-15(6-4-10-19-13-21)17-8-3-9-18(12-17)16(2)7-5-11-20-14-22/h3,8-9,12,15-16H,4-7,10-11H2,1-2H3. The molecule has 22 heavy (non-hydrogen) atoms. The molecule has 0 bridgehead atoms. The second kappa shape index (κ2) is 10.7. The highest BCUT2D eigenvalue weighted by Crippen LogP contribution is 2.26. The lowest BCUT2D eigenvalue weighted by atomic mass is 9.90. The molecule has 0 saturated carbocycles. The molecule has 4 heteroatoms. The maximum Gasteiger partial charge on any atom is 0.234 e. The van der Waals surface area contributed by atoms with Crippen molar-refractivity contribution in [2.45, 2.75) is 51.4 Å². The molecule has 2 unspecified atom stereocenters. The van der Waals surface area contributed by atoms with Crippen molar-refractivity contribution in [3.63, 3.8) is 0 Å². The molecule has 118 valence electrons. The molecule has 1 aromatic rings. The van der Waals surface area contributed by atoms with E-state index in [2.05, 4.69) is 48.1 Å². The smallest absolute Gasteiger partial charge is 0.211 e. The van der Waals surface area contributed by atoms with Crippen LogP contribution in [0.4, 0.5) is 0 Å². The third-order valence-corrected chi connectivity index (χ3v) is 3.99. The molecule has 1 aromatic carbocycles. The molecule has 0 saturated heterocycles. The van der Waals surface area contributed by atoms with Gasteiger partial charge in [0.15, 0.2) is 0 Å². The Bertz CT molecular complexity index is 499. The van der Waals surface area contributed by atoms with Crippen LogP contribution in [0.3, 0.4) is 0 Å². The SMILES string of the molecule is CC(CCCN=C=O)c1cccc(C(C)CCCN=C=O)c1. The minimum atomic E-state index is 0.452. The molecule has 0 aromatic heterocycles. The van der Waals surface area contributed by atoms with Crippen molar-refractivity contribution in [2.75, 3.05) is 13.1 Å². The van der Waals surface area contributed by atoms with Crippen LogP contribution >= 0.6 is 0 Å². The number of aliphatic imine (C=N–C) groups is 2. The number of rotatable bonds is 10. The molecular weight excluding hydrogens is 276 g/mol. The van der Waals surface area contributed by atoms with E-state index in [9.17, 15) is 9.59 Å². The Morgan fingerprint density at radius 2 is 1.36 bits per heavy atom. The molecule has 4 nitrogen and oxygen atoms in total. The summed E-state index contributed by atoms with van der Waals surface area (Å²) in [4.78, 5) is 27.3. The fraction of sp³-hybridized carbons (Fsp3) is 0.556. The summed E-state index contributed by atoms with van der Waals surface area (Å²) < 4.78 is 0. The van der Waals surface area contributed by atoms with Gasteiger partial charge in [-0.1, -0.05) is 38.1 Å². The molecule has 0 aliphatic carbocycles. The van der Waals surface area contributed by atoms with Gasteiger partial charge in [0, 0.05) is 0 Å². The van der Waals surface area contributed by atoms with Crippen molar-refractivity contribution >= 4 is 12.2 Å². The van der Waals surface area contributed by atoms with Crippen LogP contribution in [0.2, 0.25) is 0 Å². The average Bonchev–Trinajstić information content (AvgIpc) is 2.55. The van der Waals surface area contributed by atoms with Gasteiger partial charge in [0.05, 0.1) is 13.1 Å². The van der Waals surface area contributed by atoms with E-state index in [1.54, 1.807) is 12.2 Å². The van der Waals surface area contributed by atoms with Gasteiger partial charge in [-0.15, -0.1) is 0 Å². The molecule has 0 aliphatic heterocycles. The van der Waals surface area contributed by atoms with Crippen molar-refractivity contribution in [2.24, 2.45) is 9.98 Å². The largest absolute Gasteiger partial charge is 0.234 e. The van der Waals surface area contributed by atoms with Crippen molar-refractivity contribution in [3.8, 4) is 0 Å². The highest BCUT2D eigenvalue weighted by atomic mass is 16.1. The van der Waals surface area contributed by atoms with Gasteiger partial charge in [-0.25, -0.2) is 19.6 Å². The number of hydrogen-bond donors (Lipinski definition) is 0. The van der Waals surface area contributed by atoms with Crippen LogP contribution in [0.1, 0.15) is 62.5 Å². The maximum atomic E-state index is 10.0. The summed E-state index contributed by atoms with van der Waals surface area (Å²) in [5.74, 6) is 0.905. The van der Waals surface area contributed by atoms with E-state index >= 15 is 0 Å². The predicted octanol–water partition coefficient (Wildman–Crippen LogP) is 4.13. The molecule has 0 radical (unpaired) electrons. The number of carbonyl (C=O) groups excluding carboxylic acids is 2. The number of nitrogens with zero attached hydrogens (tertiary/aromatic N) is 2. The second-order valence-corrected chi connectivity index (χ2v) is 5.70. The van der Waals surface area contributed by atoms with Crippen LogP contribution in [-0.2, 0) is 9.59 Å². The van der Waals surface area contributed by atoms with Gasteiger partial charge in [-0.05, 0) is 48.6 Å². The van der Waals surface area contributed by atoms with E-state index in [1.165, 1.54) is 11.1 Å². The van der Waals surface area contributed by atoms with Gasteiger partial charge in [0.25, 0.3) is 0 Å². The summed E-state index contributed by atoms with van der Waals surface area (Å²) in [6.45, 7) is 5.52. The molecular formula is C18H24N2O2. The normalized spacial score (nSPS) is 12.8. The zero-order chi connectivity index (χ0) is 16.2. The van der Waals surface area contributed by atoms with E-state index in [0.717, 1.165) is 25.7 Å². The topological polar surface area (TPSA) is 58.9 Å². The van der Waals surface area contributed by atoms with Crippen molar-refractivity contribution in [3.05, 3.63) is 35.4 Å². The third kappa shape index (κ3) is 6.62. The Kier molecular flexibility index (Phi) is 8.74. The van der Waals surface area contributed by atoms with Crippen LogP contribution in [0.25, 0.3) is 0 Å². The first kappa shape index (κ1) is 18.0. The Morgan fingerprint density at radius 3 is 1.77 bits per heavy atom. The Morgan fingerprint density at radius 1 is 0.909 bits per heavy atom. The summed E-state index contributed by atoms with van der Waals surface area (Å²) in [5.41, 5.74) is 2.65. The van der Waals surface area contributed by atoms with Gasteiger partial charge in [-0.3, -0.25) is 0 Å². The van der Waals surface area contributed by atoms with Crippen LogP contribution < -0.4 is 0 Å². The van der Waals surface area contributed by atoms with Gasteiger partial charge in [-0.2, -0.15) is 0 Å². The van der Waals surface area contributed by atoms with E-state index in [1.807, 2.05) is 0 Å². The van der Waals surface area contributed by atoms with Crippen LogP contribution in [0, 0.1) is 0 Å². The van der Waals surface area contributed by atoms with Crippen LogP contribution in [0.15, 0.2) is 34.3 Å². The van der Waals surface area contributed by atoms with Gasteiger partial charge < -0.3 is 0 Å². The zero-order valence-corrected chi connectivity index (χ0v) is 13.4. The Labute approximate surface area is 132 Å². The van der Waals surface area contributed by atoms with Gasteiger partial charge in [0.1, 0.15) is 0 Å². The van der Waals surface area contributed by atoms with E-state index in [-0.39, 0.29) is 0 Å². The van der Waals surface area contributed by atoms with E-state index < -0.39 is 0 Å². The number of hydrogen-bond acceptors (Lipinski definition) is 4. The molecule has 0 N–H and O–H groups in total. The van der Waals surface area contributed by atoms with Crippen LogP contribution in [0.5, 0.6) is 0 Å². The second-order valence-electron chi connectivity index (χ2n) is 5.70. The summed E-state index contributed by atoms with van der Waals surface area (Å²) in [5, 5.41) is 0. The van der Waals surface area contributed by atoms with Crippen LogP contribution in [-0.4, -0.2) is 25.2 Å². The monoisotopic (exact) mass is 300 g/mol. The average molecular weight is 300 g/mol. The highest BCUT2D eigenvalue weighted by molar-refractivity contribution is 5.33. The minimum absolute atomic E-state index is 0.452. The molecule has 1 rings (SSSR count). The lowest BCUT2D eigenvalue weighted by Crippen LogP contribution is -1.99. The Hall–Kier alpha value is -2.02. The van der Waals surface area contributed by atoms with Crippen molar-refractivity contribution < 1.29 is 9.59 Å². The number of benzene rings is 1. The summed E-state index contributed by atoms with van der Waals surface area (Å²) in [7, 11) is 0. The highest BCUT2D eigenvalue weighted by Gasteiger charge is 2.09. The van der Waals surface area contributed by atoms with Gasteiger partial charge in [0.2, 0.25) is 12.2 Å². The summed E-state index contributed by atoms with van der Waals surface area (Å²) in [6, 6.07) is 8.67. The minimum Gasteiger partial charge on any atom is -0.211 e. The molecule has 0 fully saturated rings. The Balaban J connectivity index is 2.56. The number of isocyanates is 2. The van der Waals surface area contributed by atoms with Gasteiger partial charge >= 0.3 is 0 Å². The molecule has 0 heterocycles. The maximum absolute atomic E-state index is 10.0. The first-order chi connectivity index (χ1) is 10.7. The quantitative estimate of drug-likeness (QED) is 0.370. The van der Waals surface area contributed by atoms with Crippen molar-refractivity contribution in [1.29, 1.82) is 0 Å². The van der Waals surface area contributed by atoms with E-state index in [0.29, 0.717) is 24.9 Å². The fourth-order valence-corrected chi connectivity index (χ4v) is 2.55. The first-order valence-electron chi connectivity index (χ1n) is 7.86. The lowest BCUT2D eigenvalue weighted by molar-refractivity contribution is 0.560. The van der Waals surface area contributed by atoms with E-state index in [4.69, 9.17) is 0 Å². The molecule has 2 atom stereocenters. The molecule has 0 aliphatic rings. The fourth-order valence-electron chi connectivity index (χ4n) is 2.55. The first-order valence-corrected chi connectivity index (χ1v) is 7.86. The lowest BCUT2D eigenvalue weighted by Gasteiger charge is -2.16. The predicted molar refractivity (Wildman–Crippen MR) is 87.7 cm³/mol.